The van der Waals surface area contributed by atoms with Crippen LogP contribution in [0.1, 0.15) is 30.1 Å². The minimum absolute atomic E-state index is 0.119. The Morgan fingerprint density at radius 3 is 3.00 bits per heavy atom. The van der Waals surface area contributed by atoms with Gasteiger partial charge in [0.15, 0.2) is 0 Å². The molecule has 2 aromatic rings. The predicted molar refractivity (Wildman–Crippen MR) is 97.4 cm³/mol. The maximum Gasteiger partial charge on any atom is 0.226 e. The van der Waals surface area contributed by atoms with Crippen molar-refractivity contribution in [3.05, 3.63) is 34.3 Å². The maximum atomic E-state index is 13.0. The number of carbonyl (C=O) groups is 1. The lowest BCUT2D eigenvalue weighted by Gasteiger charge is -2.29. The molecule has 2 aliphatic heterocycles. The van der Waals surface area contributed by atoms with Gasteiger partial charge in [-0.2, -0.15) is 0 Å². The Balaban J connectivity index is 1.35. The molecular formula is C18H25N5OS. The molecule has 0 aromatic carbocycles. The van der Waals surface area contributed by atoms with Gasteiger partial charge >= 0.3 is 0 Å². The van der Waals surface area contributed by atoms with Crippen LogP contribution in [0.3, 0.4) is 0 Å². The van der Waals surface area contributed by atoms with E-state index >= 15 is 0 Å². The number of hydrogen-bond acceptors (Lipinski definition) is 5. The number of thiazole rings is 1. The fourth-order valence-corrected chi connectivity index (χ4v) is 4.54. The first kappa shape index (κ1) is 16.7. The molecule has 1 atom stereocenters. The van der Waals surface area contributed by atoms with Crippen LogP contribution in [-0.4, -0.2) is 56.4 Å². The molecule has 134 valence electrons. The highest BCUT2D eigenvalue weighted by Gasteiger charge is 2.30. The Labute approximate surface area is 152 Å². The molecule has 0 saturated carbocycles. The van der Waals surface area contributed by atoms with E-state index in [-0.39, 0.29) is 5.92 Å². The van der Waals surface area contributed by atoms with Crippen molar-refractivity contribution in [1.82, 2.24) is 24.3 Å². The van der Waals surface area contributed by atoms with Gasteiger partial charge in [0.1, 0.15) is 5.82 Å². The van der Waals surface area contributed by atoms with Gasteiger partial charge in [0.25, 0.3) is 0 Å². The van der Waals surface area contributed by atoms with Crippen LogP contribution >= 0.6 is 11.3 Å². The lowest BCUT2D eigenvalue weighted by molar-refractivity contribution is -0.136. The molecule has 7 heteroatoms. The Morgan fingerprint density at radius 2 is 2.16 bits per heavy atom. The van der Waals surface area contributed by atoms with Crippen LogP contribution in [0.5, 0.6) is 0 Å². The van der Waals surface area contributed by atoms with Crippen LogP contribution in [0.2, 0.25) is 0 Å². The normalized spacial score (nSPS) is 21.8. The van der Waals surface area contributed by atoms with Crippen molar-refractivity contribution in [3.8, 4) is 0 Å². The number of imidazole rings is 1. The summed E-state index contributed by atoms with van der Waals surface area (Å²) in [4.78, 5) is 26.3. The van der Waals surface area contributed by atoms with Gasteiger partial charge in [-0.1, -0.05) is 0 Å². The first-order valence-corrected chi connectivity index (χ1v) is 10.0. The van der Waals surface area contributed by atoms with Crippen molar-refractivity contribution < 1.29 is 4.79 Å². The zero-order valence-electron chi connectivity index (χ0n) is 14.7. The SMILES string of the molecule is Cc1ncc2n1CCC(C(=O)N1CCCN(Cc3cscn3)CC1)C2. The first-order valence-electron chi connectivity index (χ1n) is 9.10. The second kappa shape index (κ2) is 7.25. The second-order valence-corrected chi connectivity index (χ2v) is 7.79. The highest BCUT2D eigenvalue weighted by Crippen LogP contribution is 2.24. The molecule has 1 saturated heterocycles. The molecule has 0 N–H and O–H groups in total. The van der Waals surface area contributed by atoms with E-state index < -0.39 is 0 Å². The smallest absolute Gasteiger partial charge is 0.226 e. The van der Waals surface area contributed by atoms with E-state index in [1.54, 1.807) is 11.3 Å². The third kappa shape index (κ3) is 3.62. The fraction of sp³-hybridized carbons (Fsp3) is 0.611. The van der Waals surface area contributed by atoms with Crippen LogP contribution in [0, 0.1) is 12.8 Å². The van der Waals surface area contributed by atoms with Crippen LogP contribution < -0.4 is 0 Å². The van der Waals surface area contributed by atoms with E-state index in [0.717, 1.165) is 70.0 Å². The van der Waals surface area contributed by atoms with Crippen molar-refractivity contribution in [1.29, 1.82) is 0 Å². The molecule has 1 amide bonds. The summed E-state index contributed by atoms with van der Waals surface area (Å²) in [7, 11) is 0. The average Bonchev–Trinajstić information content (AvgIpc) is 3.19. The molecule has 1 unspecified atom stereocenters. The number of amides is 1. The lowest BCUT2D eigenvalue weighted by Crippen LogP contribution is -2.41. The molecule has 4 rings (SSSR count). The summed E-state index contributed by atoms with van der Waals surface area (Å²) < 4.78 is 2.25. The van der Waals surface area contributed by atoms with E-state index in [0.29, 0.717) is 5.91 Å². The molecule has 0 bridgehead atoms. The first-order chi connectivity index (χ1) is 12.2. The van der Waals surface area contributed by atoms with E-state index in [1.807, 2.05) is 18.6 Å². The molecule has 1 fully saturated rings. The van der Waals surface area contributed by atoms with Crippen molar-refractivity contribution in [2.45, 2.75) is 39.3 Å². The number of aryl methyl sites for hydroxylation is 1. The number of nitrogens with zero attached hydrogens (tertiary/aromatic N) is 5. The van der Waals surface area contributed by atoms with Gasteiger partial charge in [0.05, 0.1) is 11.2 Å². The molecule has 6 nitrogen and oxygen atoms in total. The van der Waals surface area contributed by atoms with E-state index in [2.05, 4.69) is 29.7 Å². The predicted octanol–water partition coefficient (Wildman–Crippen LogP) is 1.94. The molecule has 0 aliphatic carbocycles. The summed E-state index contributed by atoms with van der Waals surface area (Å²) in [6, 6.07) is 0. The van der Waals surface area contributed by atoms with Gasteiger partial charge in [-0.15, -0.1) is 11.3 Å². The van der Waals surface area contributed by atoms with Crippen LogP contribution in [0.15, 0.2) is 17.1 Å². The fourth-order valence-electron chi connectivity index (χ4n) is 3.99. The third-order valence-corrected chi connectivity index (χ3v) is 6.05. The second-order valence-electron chi connectivity index (χ2n) is 7.07. The Hall–Kier alpha value is -1.73. The van der Waals surface area contributed by atoms with Gasteiger partial charge < -0.3 is 9.47 Å². The van der Waals surface area contributed by atoms with Gasteiger partial charge in [-0.25, -0.2) is 9.97 Å². The topological polar surface area (TPSA) is 54.3 Å². The minimum atomic E-state index is 0.119. The third-order valence-electron chi connectivity index (χ3n) is 5.41. The molecule has 25 heavy (non-hydrogen) atoms. The molecular weight excluding hydrogens is 334 g/mol. The average molecular weight is 359 g/mol. The molecule has 4 heterocycles. The summed E-state index contributed by atoms with van der Waals surface area (Å²) in [5, 5.41) is 2.11. The van der Waals surface area contributed by atoms with Crippen LogP contribution in [-0.2, 0) is 24.3 Å². The monoisotopic (exact) mass is 359 g/mol. The summed E-state index contributed by atoms with van der Waals surface area (Å²) in [5.41, 5.74) is 4.24. The highest BCUT2D eigenvalue weighted by atomic mass is 32.1. The molecule has 0 spiro atoms. The van der Waals surface area contributed by atoms with E-state index in [4.69, 9.17) is 0 Å². The standard InChI is InChI=1S/C18H25N5OS/c1-14-19-10-17-9-15(3-6-23(14)17)18(24)22-5-2-4-21(7-8-22)11-16-12-25-13-20-16/h10,12-13,15H,2-9,11H2,1H3. The van der Waals surface area contributed by atoms with Crippen molar-refractivity contribution in [2.24, 2.45) is 5.92 Å². The lowest BCUT2D eigenvalue weighted by atomic mass is 9.94. The molecule has 2 aliphatic rings. The molecule has 2 aromatic heterocycles. The Bertz CT molecular complexity index is 726. The van der Waals surface area contributed by atoms with Crippen molar-refractivity contribution in [3.63, 3.8) is 0 Å². The Kier molecular flexibility index (Phi) is 4.85. The van der Waals surface area contributed by atoms with Gasteiger partial charge in [0.2, 0.25) is 5.91 Å². The number of fused-ring (bicyclic) bond motifs is 1. The number of carbonyl (C=O) groups excluding carboxylic acids is 1. The van der Waals surface area contributed by atoms with Crippen molar-refractivity contribution in [2.75, 3.05) is 26.2 Å². The highest BCUT2D eigenvalue weighted by molar-refractivity contribution is 7.07. The van der Waals surface area contributed by atoms with Gasteiger partial charge in [-0.05, 0) is 19.8 Å². The largest absolute Gasteiger partial charge is 0.341 e. The van der Waals surface area contributed by atoms with E-state index in [9.17, 15) is 4.79 Å². The minimum Gasteiger partial charge on any atom is -0.341 e. The maximum absolute atomic E-state index is 13.0. The van der Waals surface area contributed by atoms with Gasteiger partial charge in [0, 0.05) is 68.9 Å². The number of rotatable bonds is 3. The summed E-state index contributed by atoms with van der Waals surface area (Å²) >= 11 is 1.64. The number of hydrogen-bond donors (Lipinski definition) is 0. The van der Waals surface area contributed by atoms with E-state index in [1.165, 1.54) is 5.69 Å². The van der Waals surface area contributed by atoms with Crippen LogP contribution in [0.4, 0.5) is 0 Å². The number of aromatic nitrogens is 3. The quantitative estimate of drug-likeness (QED) is 0.840. The zero-order chi connectivity index (χ0) is 17.2. The van der Waals surface area contributed by atoms with Crippen LogP contribution in [0.25, 0.3) is 0 Å². The van der Waals surface area contributed by atoms with Crippen molar-refractivity contribution >= 4 is 17.2 Å². The summed E-state index contributed by atoms with van der Waals surface area (Å²) in [5.74, 6) is 1.52. The Morgan fingerprint density at radius 1 is 1.24 bits per heavy atom. The summed E-state index contributed by atoms with van der Waals surface area (Å²) in [6.07, 6.45) is 4.74. The molecule has 0 radical (unpaired) electrons. The van der Waals surface area contributed by atoms with Gasteiger partial charge in [-0.3, -0.25) is 9.69 Å². The summed E-state index contributed by atoms with van der Waals surface area (Å²) in [6.45, 7) is 7.54. The zero-order valence-corrected chi connectivity index (χ0v) is 15.5.